The fraction of sp³-hybridized carbons (Fsp3) is 0.400. The molecule has 1 aromatic carbocycles. The van der Waals surface area contributed by atoms with E-state index in [1.165, 1.54) is 6.07 Å². The van der Waals surface area contributed by atoms with Crippen LogP contribution in [0.2, 0.25) is 0 Å². The van der Waals surface area contributed by atoms with Gasteiger partial charge in [0.25, 0.3) is 5.82 Å². The van der Waals surface area contributed by atoms with Crippen molar-refractivity contribution in [3.8, 4) is 0 Å². The molecule has 3 heterocycles. The molecule has 1 fully saturated rings. The molecule has 1 amide bonds. The molecule has 1 aliphatic heterocycles. The standard InChI is InChI=1S/C20H21F3N6O/c21-20(22,23)19-26-25-16-8-9-17(27-29(16)19)28-12-4-7-15(13-28)18(30)24-11-10-14-5-2-1-3-6-14/h1-3,5-6,8-9,15H,4,7,10-13H2,(H,24,30)/t15-/m0/s1. The summed E-state index contributed by atoms with van der Waals surface area (Å²) in [6.45, 7) is 1.56. The molecule has 4 rings (SSSR count). The minimum absolute atomic E-state index is 0.0262. The number of fused-ring (bicyclic) bond motifs is 1. The van der Waals surface area contributed by atoms with Crippen molar-refractivity contribution in [2.75, 3.05) is 24.5 Å². The second-order valence-electron chi connectivity index (χ2n) is 7.29. The topological polar surface area (TPSA) is 75.4 Å². The van der Waals surface area contributed by atoms with Gasteiger partial charge in [-0.05, 0) is 37.0 Å². The number of nitrogens with one attached hydrogen (secondary N) is 1. The molecule has 3 aromatic rings. The van der Waals surface area contributed by atoms with Crippen molar-refractivity contribution in [1.82, 2.24) is 25.1 Å². The molecule has 0 unspecified atom stereocenters. The molecule has 1 atom stereocenters. The van der Waals surface area contributed by atoms with Crippen LogP contribution in [0.5, 0.6) is 0 Å². The first kappa shape index (κ1) is 20.1. The molecule has 7 nitrogen and oxygen atoms in total. The summed E-state index contributed by atoms with van der Waals surface area (Å²) in [5, 5.41) is 13.8. The molecule has 0 radical (unpaired) electrons. The number of hydrogen-bond donors (Lipinski definition) is 1. The van der Waals surface area contributed by atoms with E-state index in [-0.39, 0.29) is 17.5 Å². The highest BCUT2D eigenvalue weighted by atomic mass is 19.4. The lowest BCUT2D eigenvalue weighted by Gasteiger charge is -2.32. The predicted octanol–water partition coefficient (Wildman–Crippen LogP) is 2.72. The maximum absolute atomic E-state index is 13.1. The zero-order chi connectivity index (χ0) is 21.1. The van der Waals surface area contributed by atoms with Gasteiger partial charge in [-0.1, -0.05) is 30.3 Å². The Bertz CT molecular complexity index is 1020. The van der Waals surface area contributed by atoms with Crippen LogP contribution in [-0.2, 0) is 17.4 Å². The monoisotopic (exact) mass is 418 g/mol. The summed E-state index contributed by atoms with van der Waals surface area (Å²) < 4.78 is 40.0. The van der Waals surface area contributed by atoms with Gasteiger partial charge in [0.05, 0.1) is 5.92 Å². The molecule has 0 saturated carbocycles. The smallest absolute Gasteiger partial charge is 0.355 e. The van der Waals surface area contributed by atoms with Crippen LogP contribution in [0.25, 0.3) is 5.65 Å². The number of amides is 1. The molecule has 2 aromatic heterocycles. The zero-order valence-corrected chi connectivity index (χ0v) is 16.1. The van der Waals surface area contributed by atoms with Crippen LogP contribution in [-0.4, -0.2) is 45.4 Å². The number of piperidine rings is 1. The molecular formula is C20H21F3N6O. The molecule has 0 bridgehead atoms. The maximum Gasteiger partial charge on any atom is 0.453 e. The molecule has 1 N–H and O–H groups in total. The van der Waals surface area contributed by atoms with E-state index in [0.29, 0.717) is 30.0 Å². The quantitative estimate of drug-likeness (QED) is 0.690. The van der Waals surface area contributed by atoms with Gasteiger partial charge in [-0.2, -0.15) is 17.7 Å². The number of carbonyl (C=O) groups is 1. The lowest BCUT2D eigenvalue weighted by atomic mass is 9.97. The van der Waals surface area contributed by atoms with Crippen LogP contribution >= 0.6 is 0 Å². The molecule has 158 valence electrons. The van der Waals surface area contributed by atoms with Crippen molar-refractivity contribution < 1.29 is 18.0 Å². The average molecular weight is 418 g/mol. The number of alkyl halides is 3. The van der Waals surface area contributed by atoms with Crippen LogP contribution in [0.15, 0.2) is 42.5 Å². The molecule has 0 spiro atoms. The predicted molar refractivity (Wildman–Crippen MR) is 104 cm³/mol. The third kappa shape index (κ3) is 4.37. The highest BCUT2D eigenvalue weighted by molar-refractivity contribution is 5.79. The van der Waals surface area contributed by atoms with Gasteiger partial charge in [0.2, 0.25) is 5.91 Å². The number of rotatable bonds is 5. The summed E-state index contributed by atoms with van der Waals surface area (Å²) >= 11 is 0. The van der Waals surface area contributed by atoms with E-state index in [2.05, 4.69) is 20.6 Å². The molecule has 1 aliphatic rings. The van der Waals surface area contributed by atoms with E-state index in [4.69, 9.17) is 0 Å². The van der Waals surface area contributed by atoms with Crippen LogP contribution in [0.3, 0.4) is 0 Å². The van der Waals surface area contributed by atoms with Crippen LogP contribution < -0.4 is 10.2 Å². The Kier molecular flexibility index (Phi) is 5.56. The first-order valence-electron chi connectivity index (χ1n) is 9.78. The van der Waals surface area contributed by atoms with Gasteiger partial charge >= 0.3 is 6.18 Å². The van der Waals surface area contributed by atoms with Crippen LogP contribution in [0.4, 0.5) is 19.0 Å². The SMILES string of the molecule is O=C(NCCc1ccccc1)[C@H]1CCCN(c2ccc3nnc(C(F)(F)F)n3n2)C1. The van der Waals surface area contributed by atoms with Gasteiger partial charge in [-0.25, -0.2) is 0 Å². The fourth-order valence-corrected chi connectivity index (χ4v) is 3.64. The lowest BCUT2D eigenvalue weighted by Crippen LogP contribution is -2.44. The van der Waals surface area contributed by atoms with Gasteiger partial charge in [0.15, 0.2) is 5.65 Å². The summed E-state index contributed by atoms with van der Waals surface area (Å²) in [7, 11) is 0. The van der Waals surface area contributed by atoms with E-state index in [0.717, 1.165) is 24.8 Å². The van der Waals surface area contributed by atoms with Crippen molar-refractivity contribution in [3.05, 3.63) is 53.9 Å². The van der Waals surface area contributed by atoms with Crippen LogP contribution in [0.1, 0.15) is 24.2 Å². The third-order valence-electron chi connectivity index (χ3n) is 5.17. The minimum atomic E-state index is -4.64. The molecular weight excluding hydrogens is 397 g/mol. The number of carbonyl (C=O) groups excluding carboxylic acids is 1. The highest BCUT2D eigenvalue weighted by Gasteiger charge is 2.38. The minimum Gasteiger partial charge on any atom is -0.355 e. The number of hydrogen-bond acceptors (Lipinski definition) is 5. The van der Waals surface area contributed by atoms with E-state index >= 15 is 0 Å². The van der Waals surface area contributed by atoms with E-state index in [1.54, 1.807) is 6.07 Å². The van der Waals surface area contributed by atoms with Gasteiger partial charge in [-0.15, -0.1) is 15.3 Å². The largest absolute Gasteiger partial charge is 0.453 e. The second-order valence-corrected chi connectivity index (χ2v) is 7.29. The number of nitrogens with zero attached hydrogens (tertiary/aromatic N) is 5. The van der Waals surface area contributed by atoms with Crippen molar-refractivity contribution in [3.63, 3.8) is 0 Å². The Morgan fingerprint density at radius 3 is 2.70 bits per heavy atom. The lowest BCUT2D eigenvalue weighted by molar-refractivity contribution is -0.146. The second kappa shape index (κ2) is 8.29. The molecule has 10 heteroatoms. The number of anilines is 1. The summed E-state index contributed by atoms with van der Waals surface area (Å²) in [4.78, 5) is 14.4. The van der Waals surface area contributed by atoms with Gasteiger partial charge in [0.1, 0.15) is 5.82 Å². The van der Waals surface area contributed by atoms with Crippen molar-refractivity contribution in [2.24, 2.45) is 5.92 Å². The molecule has 0 aliphatic carbocycles. The zero-order valence-electron chi connectivity index (χ0n) is 16.1. The first-order chi connectivity index (χ1) is 14.4. The van der Waals surface area contributed by atoms with Gasteiger partial charge in [0, 0.05) is 19.6 Å². The highest BCUT2D eigenvalue weighted by Crippen LogP contribution is 2.28. The summed E-state index contributed by atoms with van der Waals surface area (Å²) in [6.07, 6.45) is -2.41. The Balaban J connectivity index is 1.41. The molecule has 30 heavy (non-hydrogen) atoms. The van der Waals surface area contributed by atoms with E-state index in [9.17, 15) is 18.0 Å². The average Bonchev–Trinajstić information content (AvgIpc) is 3.18. The fourth-order valence-electron chi connectivity index (χ4n) is 3.64. The van der Waals surface area contributed by atoms with Crippen molar-refractivity contribution >= 4 is 17.4 Å². The maximum atomic E-state index is 13.1. The first-order valence-corrected chi connectivity index (χ1v) is 9.78. The molecule has 1 saturated heterocycles. The summed E-state index contributed by atoms with van der Waals surface area (Å²) in [5.74, 6) is -1.08. The third-order valence-corrected chi connectivity index (χ3v) is 5.17. The number of halogens is 3. The number of aromatic nitrogens is 4. The van der Waals surface area contributed by atoms with Crippen molar-refractivity contribution in [2.45, 2.75) is 25.4 Å². The Morgan fingerprint density at radius 2 is 1.93 bits per heavy atom. The van der Waals surface area contributed by atoms with Crippen molar-refractivity contribution in [1.29, 1.82) is 0 Å². The number of benzene rings is 1. The van der Waals surface area contributed by atoms with E-state index in [1.807, 2.05) is 35.2 Å². The Hall–Kier alpha value is -3.17. The van der Waals surface area contributed by atoms with E-state index < -0.39 is 12.0 Å². The summed E-state index contributed by atoms with van der Waals surface area (Å²) in [5.41, 5.74) is 1.17. The Morgan fingerprint density at radius 1 is 1.13 bits per heavy atom. The van der Waals surface area contributed by atoms with Crippen LogP contribution in [0, 0.1) is 5.92 Å². The summed E-state index contributed by atoms with van der Waals surface area (Å²) in [6, 6.07) is 12.9. The normalized spacial score (nSPS) is 17.3. The van der Waals surface area contributed by atoms with Gasteiger partial charge in [-0.3, -0.25) is 4.79 Å². The van der Waals surface area contributed by atoms with Gasteiger partial charge < -0.3 is 10.2 Å². The Labute approximate surface area is 170 Å².